The quantitative estimate of drug-likeness (QED) is 0.706. The molecule has 2 aromatic heterocycles. The Morgan fingerprint density at radius 1 is 1.19 bits per heavy atom. The smallest absolute Gasteiger partial charge is 0.271 e. The van der Waals surface area contributed by atoms with Crippen LogP contribution in [-0.2, 0) is 6.54 Å². The van der Waals surface area contributed by atoms with Crippen LogP contribution < -0.4 is 10.9 Å². The molecule has 27 heavy (non-hydrogen) atoms. The number of nitrogens with zero attached hydrogens (tertiary/aromatic N) is 2. The zero-order valence-electron chi connectivity index (χ0n) is 15.3. The highest BCUT2D eigenvalue weighted by Crippen LogP contribution is 2.19. The minimum absolute atomic E-state index is 0.145. The molecule has 0 fully saturated rings. The molecule has 0 saturated carbocycles. The molecule has 0 spiro atoms. The van der Waals surface area contributed by atoms with Gasteiger partial charge in [-0.3, -0.25) is 19.5 Å². The molecular formula is C21H22N4O2. The molecule has 0 aliphatic heterocycles. The minimum atomic E-state index is -0.328. The number of aromatic nitrogens is 2. The Morgan fingerprint density at radius 2 is 2.04 bits per heavy atom. The normalized spacial score (nSPS) is 12.0. The van der Waals surface area contributed by atoms with E-state index in [-0.39, 0.29) is 23.2 Å². The van der Waals surface area contributed by atoms with Gasteiger partial charge in [-0.2, -0.15) is 0 Å². The molecule has 1 amide bonds. The molecule has 2 heterocycles. The van der Waals surface area contributed by atoms with Crippen molar-refractivity contribution in [1.82, 2.24) is 14.9 Å². The Bertz CT molecular complexity index is 969. The SMILES string of the molecule is CC(c1ccccn1)N(C)Cc1cccc(C(=O)Nc2ccc[nH]c2=O)c1. The molecule has 3 rings (SSSR count). The zero-order valence-corrected chi connectivity index (χ0v) is 15.3. The molecule has 138 valence electrons. The van der Waals surface area contributed by atoms with E-state index < -0.39 is 0 Å². The van der Waals surface area contributed by atoms with Crippen molar-refractivity contribution < 1.29 is 4.79 Å². The number of hydrogen-bond acceptors (Lipinski definition) is 4. The number of anilines is 1. The lowest BCUT2D eigenvalue weighted by Gasteiger charge is -2.24. The number of carbonyl (C=O) groups excluding carboxylic acids is 1. The molecule has 6 heteroatoms. The zero-order chi connectivity index (χ0) is 19.2. The van der Waals surface area contributed by atoms with Gasteiger partial charge in [-0.15, -0.1) is 0 Å². The van der Waals surface area contributed by atoms with Crippen molar-refractivity contribution in [3.63, 3.8) is 0 Å². The van der Waals surface area contributed by atoms with E-state index in [0.717, 1.165) is 11.3 Å². The summed E-state index contributed by atoms with van der Waals surface area (Å²) in [6.07, 6.45) is 3.31. The summed E-state index contributed by atoms with van der Waals surface area (Å²) >= 11 is 0. The fraction of sp³-hybridized carbons (Fsp3) is 0.190. The lowest BCUT2D eigenvalue weighted by atomic mass is 10.1. The van der Waals surface area contributed by atoms with Crippen LogP contribution in [-0.4, -0.2) is 27.8 Å². The first-order valence-corrected chi connectivity index (χ1v) is 8.74. The van der Waals surface area contributed by atoms with Crippen molar-refractivity contribution in [1.29, 1.82) is 0 Å². The van der Waals surface area contributed by atoms with Gasteiger partial charge in [0.05, 0.1) is 5.69 Å². The first-order chi connectivity index (χ1) is 13.0. The summed E-state index contributed by atoms with van der Waals surface area (Å²) < 4.78 is 0. The summed E-state index contributed by atoms with van der Waals surface area (Å²) in [4.78, 5) is 33.3. The second-order valence-corrected chi connectivity index (χ2v) is 6.41. The van der Waals surface area contributed by atoms with E-state index in [4.69, 9.17) is 0 Å². The highest BCUT2D eigenvalue weighted by atomic mass is 16.2. The largest absolute Gasteiger partial charge is 0.327 e. The van der Waals surface area contributed by atoms with Gasteiger partial charge >= 0.3 is 0 Å². The van der Waals surface area contributed by atoms with Crippen LogP contribution in [0.1, 0.15) is 34.6 Å². The summed E-state index contributed by atoms with van der Waals surface area (Å²) in [5, 5.41) is 2.65. The Balaban J connectivity index is 1.71. The summed E-state index contributed by atoms with van der Waals surface area (Å²) in [7, 11) is 2.02. The monoisotopic (exact) mass is 362 g/mol. The number of nitrogens with one attached hydrogen (secondary N) is 2. The fourth-order valence-electron chi connectivity index (χ4n) is 2.80. The maximum atomic E-state index is 12.5. The third-order valence-electron chi connectivity index (χ3n) is 4.46. The maximum absolute atomic E-state index is 12.5. The predicted octanol–water partition coefficient (Wildman–Crippen LogP) is 3.22. The van der Waals surface area contributed by atoms with Crippen LogP contribution in [0.15, 0.2) is 71.8 Å². The van der Waals surface area contributed by atoms with Gasteiger partial charge in [0.2, 0.25) is 0 Å². The maximum Gasteiger partial charge on any atom is 0.271 e. The average Bonchev–Trinajstić information content (AvgIpc) is 2.70. The Kier molecular flexibility index (Phi) is 5.78. The Hall–Kier alpha value is -3.25. The molecule has 1 aromatic carbocycles. The number of pyridine rings is 2. The predicted molar refractivity (Wildman–Crippen MR) is 106 cm³/mol. The van der Waals surface area contributed by atoms with Crippen LogP contribution in [0.4, 0.5) is 5.69 Å². The van der Waals surface area contributed by atoms with E-state index in [9.17, 15) is 9.59 Å². The van der Waals surface area contributed by atoms with Gasteiger partial charge in [0, 0.05) is 30.5 Å². The standard InChI is InChI=1S/C21H22N4O2/c1-15(18-9-3-4-11-22-18)25(2)14-16-7-5-8-17(13-16)20(26)24-19-10-6-12-23-21(19)27/h3-13,15H,14H2,1-2H3,(H,23,27)(H,24,26). The van der Waals surface area contributed by atoms with Crippen LogP contribution in [0.2, 0.25) is 0 Å². The fourth-order valence-corrected chi connectivity index (χ4v) is 2.80. The molecule has 3 aromatic rings. The van der Waals surface area contributed by atoms with Crippen molar-refractivity contribution in [3.8, 4) is 0 Å². The van der Waals surface area contributed by atoms with E-state index in [1.807, 2.05) is 43.4 Å². The van der Waals surface area contributed by atoms with Crippen molar-refractivity contribution >= 4 is 11.6 Å². The number of rotatable bonds is 6. The summed E-state index contributed by atoms with van der Waals surface area (Å²) in [5.74, 6) is -0.311. The van der Waals surface area contributed by atoms with Crippen LogP contribution in [0, 0.1) is 0 Å². The number of amides is 1. The van der Waals surface area contributed by atoms with Gasteiger partial charge in [-0.1, -0.05) is 18.2 Å². The first-order valence-electron chi connectivity index (χ1n) is 8.74. The van der Waals surface area contributed by atoms with Gasteiger partial charge in [0.1, 0.15) is 5.69 Å². The molecular weight excluding hydrogens is 340 g/mol. The van der Waals surface area contributed by atoms with Crippen molar-refractivity contribution in [2.24, 2.45) is 0 Å². The van der Waals surface area contributed by atoms with Gasteiger partial charge in [-0.05, 0) is 55.9 Å². The lowest BCUT2D eigenvalue weighted by molar-refractivity contribution is 0.102. The van der Waals surface area contributed by atoms with Crippen LogP contribution >= 0.6 is 0 Å². The van der Waals surface area contributed by atoms with E-state index in [2.05, 4.69) is 27.1 Å². The average molecular weight is 362 g/mol. The highest BCUT2D eigenvalue weighted by molar-refractivity contribution is 6.04. The van der Waals surface area contributed by atoms with E-state index in [1.165, 1.54) is 6.20 Å². The summed E-state index contributed by atoms with van der Waals surface area (Å²) in [6, 6.07) is 16.7. The van der Waals surface area contributed by atoms with Crippen LogP contribution in [0.5, 0.6) is 0 Å². The van der Waals surface area contributed by atoms with Crippen molar-refractivity contribution in [2.45, 2.75) is 19.5 Å². The van der Waals surface area contributed by atoms with Gasteiger partial charge < -0.3 is 10.3 Å². The van der Waals surface area contributed by atoms with Crippen LogP contribution in [0.3, 0.4) is 0 Å². The third-order valence-corrected chi connectivity index (χ3v) is 4.46. The summed E-state index contributed by atoms with van der Waals surface area (Å²) in [5.41, 5.74) is 2.42. The second kappa shape index (κ2) is 8.42. The third kappa shape index (κ3) is 4.68. The number of aromatic amines is 1. The van der Waals surface area contributed by atoms with Crippen molar-refractivity contribution in [2.75, 3.05) is 12.4 Å². The molecule has 0 radical (unpaired) electrons. The molecule has 6 nitrogen and oxygen atoms in total. The van der Waals surface area contributed by atoms with E-state index in [0.29, 0.717) is 12.1 Å². The molecule has 0 aliphatic carbocycles. The Morgan fingerprint density at radius 3 is 2.78 bits per heavy atom. The van der Waals surface area contributed by atoms with E-state index in [1.54, 1.807) is 24.4 Å². The number of carbonyl (C=O) groups is 1. The lowest BCUT2D eigenvalue weighted by Crippen LogP contribution is -2.23. The first kappa shape index (κ1) is 18.5. The van der Waals surface area contributed by atoms with Gasteiger partial charge in [-0.25, -0.2) is 0 Å². The van der Waals surface area contributed by atoms with Crippen LogP contribution in [0.25, 0.3) is 0 Å². The van der Waals surface area contributed by atoms with Gasteiger partial charge in [0.15, 0.2) is 0 Å². The second-order valence-electron chi connectivity index (χ2n) is 6.41. The number of hydrogen-bond donors (Lipinski definition) is 2. The van der Waals surface area contributed by atoms with Crippen molar-refractivity contribution in [3.05, 3.63) is 94.2 Å². The minimum Gasteiger partial charge on any atom is -0.327 e. The van der Waals surface area contributed by atoms with E-state index >= 15 is 0 Å². The highest BCUT2D eigenvalue weighted by Gasteiger charge is 2.14. The van der Waals surface area contributed by atoms with Gasteiger partial charge in [0.25, 0.3) is 11.5 Å². The molecule has 1 atom stereocenters. The number of H-pyrrole nitrogens is 1. The summed E-state index contributed by atoms with van der Waals surface area (Å²) in [6.45, 7) is 2.77. The number of benzene rings is 1. The molecule has 2 N–H and O–H groups in total. The molecule has 1 unspecified atom stereocenters. The topological polar surface area (TPSA) is 78.1 Å². The molecule has 0 saturated heterocycles. The molecule has 0 bridgehead atoms. The Labute approximate surface area is 157 Å². The molecule has 0 aliphatic rings.